The zero-order valence-corrected chi connectivity index (χ0v) is 20.3. The first kappa shape index (κ1) is 22.5. The lowest BCUT2D eigenvalue weighted by molar-refractivity contribution is -0.117. The van der Waals surface area contributed by atoms with Crippen molar-refractivity contribution in [1.82, 2.24) is 24.4 Å². The Morgan fingerprint density at radius 2 is 1.88 bits per heavy atom. The van der Waals surface area contributed by atoms with Crippen LogP contribution in [0.4, 0.5) is 11.6 Å². The molecule has 1 aromatic carbocycles. The Labute approximate surface area is 201 Å². The Balaban J connectivity index is 1.36. The summed E-state index contributed by atoms with van der Waals surface area (Å²) >= 11 is 0. The van der Waals surface area contributed by atoms with Crippen LogP contribution in [0.3, 0.4) is 0 Å². The summed E-state index contributed by atoms with van der Waals surface area (Å²) in [4.78, 5) is 30.6. The van der Waals surface area contributed by atoms with E-state index in [2.05, 4.69) is 81.1 Å². The van der Waals surface area contributed by atoms with Crippen molar-refractivity contribution >= 4 is 17.4 Å². The van der Waals surface area contributed by atoms with Crippen molar-refractivity contribution in [2.75, 3.05) is 50.5 Å². The van der Waals surface area contributed by atoms with Crippen LogP contribution in [0, 0.1) is 6.92 Å². The molecule has 3 aromatic rings. The van der Waals surface area contributed by atoms with E-state index in [0.717, 1.165) is 67.5 Å². The van der Waals surface area contributed by atoms with Crippen LogP contribution >= 0.6 is 0 Å². The largest absolute Gasteiger partial charge is 0.363 e. The summed E-state index contributed by atoms with van der Waals surface area (Å²) in [5.74, 6) is 3.47. The van der Waals surface area contributed by atoms with Crippen molar-refractivity contribution in [3.8, 4) is 11.3 Å². The second-order valence-corrected chi connectivity index (χ2v) is 9.70. The summed E-state index contributed by atoms with van der Waals surface area (Å²) in [6, 6.07) is 8.62. The van der Waals surface area contributed by atoms with E-state index in [1.54, 1.807) is 6.33 Å². The number of Topliss-reactive ketones (excluding diaryl/α,β-unsaturated/α-hetero) is 1. The second kappa shape index (κ2) is 9.54. The van der Waals surface area contributed by atoms with Gasteiger partial charge in [0, 0.05) is 55.8 Å². The Morgan fingerprint density at radius 1 is 1.12 bits per heavy atom. The highest BCUT2D eigenvalue weighted by molar-refractivity contribution is 5.90. The topological polar surface area (TPSA) is 79.2 Å². The predicted molar refractivity (Wildman–Crippen MR) is 134 cm³/mol. The van der Waals surface area contributed by atoms with Crippen LogP contribution in [0.5, 0.6) is 0 Å². The van der Waals surface area contributed by atoms with Crippen LogP contribution in [0.15, 0.2) is 36.8 Å². The quantitative estimate of drug-likeness (QED) is 0.607. The summed E-state index contributed by atoms with van der Waals surface area (Å²) in [7, 11) is 4.22. The smallest absolute Gasteiger partial charge is 0.156 e. The third kappa shape index (κ3) is 4.68. The van der Waals surface area contributed by atoms with Gasteiger partial charge < -0.3 is 19.7 Å². The van der Waals surface area contributed by atoms with E-state index < -0.39 is 0 Å². The molecule has 2 aliphatic rings. The average Bonchev–Trinajstić information content (AvgIpc) is 3.27. The van der Waals surface area contributed by atoms with Gasteiger partial charge in [-0.15, -0.1) is 0 Å². The Bertz CT molecular complexity index is 1160. The van der Waals surface area contributed by atoms with Crippen LogP contribution < -0.4 is 10.2 Å². The summed E-state index contributed by atoms with van der Waals surface area (Å²) in [5, 5.41) is 3.13. The van der Waals surface area contributed by atoms with Gasteiger partial charge in [0.1, 0.15) is 23.8 Å². The zero-order valence-electron chi connectivity index (χ0n) is 20.3. The van der Waals surface area contributed by atoms with E-state index in [4.69, 9.17) is 4.98 Å². The standard InChI is InChI=1S/C26H33N7O/c1-18-4-6-19(7-5-18)23-16-33(13-12-31(2)3)25(30-23)20-8-10-32(11-9-20)26-22-14-21(34)15-27-24(22)28-17-29-26/h4-7,16-17,20H,8-15H2,1-3H3,(H,27,28,29). The molecule has 2 aliphatic heterocycles. The average molecular weight is 460 g/mol. The van der Waals surface area contributed by atoms with Gasteiger partial charge in [-0.25, -0.2) is 15.0 Å². The van der Waals surface area contributed by atoms with E-state index in [9.17, 15) is 4.79 Å². The first-order valence-corrected chi connectivity index (χ1v) is 12.1. The number of benzene rings is 1. The molecule has 1 fully saturated rings. The molecule has 0 atom stereocenters. The Morgan fingerprint density at radius 3 is 2.62 bits per heavy atom. The second-order valence-electron chi connectivity index (χ2n) is 9.70. The van der Waals surface area contributed by atoms with Crippen molar-refractivity contribution in [3.05, 3.63) is 53.7 Å². The van der Waals surface area contributed by atoms with E-state index in [-0.39, 0.29) is 5.78 Å². The molecule has 0 amide bonds. The van der Waals surface area contributed by atoms with Gasteiger partial charge in [0.2, 0.25) is 0 Å². The highest BCUT2D eigenvalue weighted by Gasteiger charge is 2.29. The molecule has 1 saturated heterocycles. The highest BCUT2D eigenvalue weighted by Crippen LogP contribution is 2.34. The van der Waals surface area contributed by atoms with Gasteiger partial charge in [-0.05, 0) is 33.9 Å². The summed E-state index contributed by atoms with van der Waals surface area (Å²) < 4.78 is 2.35. The molecule has 0 bridgehead atoms. The maximum absolute atomic E-state index is 12.0. The minimum atomic E-state index is 0.185. The van der Waals surface area contributed by atoms with Crippen molar-refractivity contribution in [3.63, 3.8) is 0 Å². The number of carbonyl (C=O) groups is 1. The molecule has 2 aromatic heterocycles. The Kier molecular flexibility index (Phi) is 6.32. The number of hydrogen-bond acceptors (Lipinski definition) is 7. The summed E-state index contributed by atoms with van der Waals surface area (Å²) in [6.07, 6.45) is 6.24. The molecule has 0 aliphatic carbocycles. The number of nitrogens with one attached hydrogen (secondary N) is 1. The molecule has 8 nitrogen and oxygen atoms in total. The van der Waals surface area contributed by atoms with Crippen molar-refractivity contribution in [1.29, 1.82) is 0 Å². The fourth-order valence-electron chi connectivity index (χ4n) is 4.89. The van der Waals surface area contributed by atoms with Crippen LogP contribution in [-0.2, 0) is 17.8 Å². The molecule has 0 saturated carbocycles. The van der Waals surface area contributed by atoms with Crippen molar-refractivity contribution in [2.45, 2.75) is 38.6 Å². The SMILES string of the molecule is Cc1ccc(-c2cn(CCN(C)C)c(C3CCN(c4ncnc5c4CC(=O)CN5)CC3)n2)cc1. The number of hydrogen-bond donors (Lipinski definition) is 1. The molecule has 34 heavy (non-hydrogen) atoms. The first-order valence-electron chi connectivity index (χ1n) is 12.1. The third-order valence-corrected chi connectivity index (χ3v) is 6.85. The number of aromatic nitrogens is 4. The molecule has 0 radical (unpaired) electrons. The molecule has 8 heteroatoms. The van der Waals surface area contributed by atoms with E-state index in [1.165, 1.54) is 11.4 Å². The zero-order chi connectivity index (χ0) is 23.7. The van der Waals surface area contributed by atoms with Gasteiger partial charge in [-0.1, -0.05) is 29.8 Å². The molecule has 0 unspecified atom stereocenters. The summed E-state index contributed by atoms with van der Waals surface area (Å²) in [5.41, 5.74) is 4.40. The maximum Gasteiger partial charge on any atom is 0.156 e. The number of aryl methyl sites for hydroxylation is 1. The number of anilines is 2. The first-order chi connectivity index (χ1) is 16.5. The number of likely N-dealkylation sites (N-methyl/N-ethyl adjacent to an activating group) is 1. The molecule has 0 spiro atoms. The van der Waals surface area contributed by atoms with Gasteiger partial charge in [0.25, 0.3) is 0 Å². The van der Waals surface area contributed by atoms with Crippen LogP contribution in [0.2, 0.25) is 0 Å². The third-order valence-electron chi connectivity index (χ3n) is 6.85. The number of imidazole rings is 1. The van der Waals surface area contributed by atoms with Gasteiger partial charge in [0.05, 0.1) is 12.2 Å². The molecule has 178 valence electrons. The minimum absolute atomic E-state index is 0.185. The van der Waals surface area contributed by atoms with E-state index >= 15 is 0 Å². The normalized spacial score (nSPS) is 16.6. The van der Waals surface area contributed by atoms with Crippen molar-refractivity contribution in [2.24, 2.45) is 0 Å². The highest BCUT2D eigenvalue weighted by atomic mass is 16.1. The lowest BCUT2D eigenvalue weighted by atomic mass is 9.95. The fraction of sp³-hybridized carbons (Fsp3) is 0.462. The maximum atomic E-state index is 12.0. The molecular formula is C26H33N7O. The Hall–Kier alpha value is -3.26. The predicted octanol–water partition coefficient (Wildman–Crippen LogP) is 3.13. The fourth-order valence-corrected chi connectivity index (χ4v) is 4.89. The molecular weight excluding hydrogens is 426 g/mol. The lowest BCUT2D eigenvalue weighted by Gasteiger charge is -2.34. The molecule has 4 heterocycles. The number of rotatable bonds is 6. The van der Waals surface area contributed by atoms with Gasteiger partial charge in [-0.2, -0.15) is 0 Å². The van der Waals surface area contributed by atoms with Crippen molar-refractivity contribution < 1.29 is 4.79 Å². The van der Waals surface area contributed by atoms with Gasteiger partial charge in [-0.3, -0.25) is 4.79 Å². The van der Waals surface area contributed by atoms with Crippen LogP contribution in [0.1, 0.15) is 35.7 Å². The number of nitrogens with zero attached hydrogens (tertiary/aromatic N) is 6. The number of piperidine rings is 1. The number of fused-ring (bicyclic) bond motifs is 1. The van der Waals surface area contributed by atoms with Gasteiger partial charge in [0.15, 0.2) is 5.78 Å². The van der Waals surface area contributed by atoms with Crippen LogP contribution in [-0.4, -0.2) is 70.5 Å². The summed E-state index contributed by atoms with van der Waals surface area (Å²) in [6.45, 7) is 6.15. The molecule has 5 rings (SSSR count). The van der Waals surface area contributed by atoms with E-state index in [1.807, 2.05) is 0 Å². The monoisotopic (exact) mass is 459 g/mol. The molecule has 1 N–H and O–H groups in total. The number of carbonyl (C=O) groups excluding carboxylic acids is 1. The van der Waals surface area contributed by atoms with E-state index in [0.29, 0.717) is 18.9 Å². The van der Waals surface area contributed by atoms with Crippen LogP contribution in [0.25, 0.3) is 11.3 Å². The minimum Gasteiger partial charge on any atom is -0.363 e. The number of ketones is 1. The van der Waals surface area contributed by atoms with Gasteiger partial charge >= 0.3 is 0 Å². The lowest BCUT2D eigenvalue weighted by Crippen LogP contribution is -2.36.